The minimum Gasteiger partial charge on any atom is -0.240 e. The van der Waals surface area contributed by atoms with E-state index in [1.165, 1.54) is 0 Å². The van der Waals surface area contributed by atoms with Crippen molar-refractivity contribution in [1.82, 2.24) is 4.98 Å². The lowest BCUT2D eigenvalue weighted by Gasteiger charge is -2.07. The van der Waals surface area contributed by atoms with Gasteiger partial charge in [-0.15, -0.1) is 11.6 Å². The monoisotopic (exact) mass is 333 g/mol. The fourth-order valence-electron chi connectivity index (χ4n) is 0.842. The second kappa shape index (κ2) is 4.66. The molecular weight excluding hydrogens is 331 g/mol. The lowest BCUT2D eigenvalue weighted by molar-refractivity contribution is 0.145. The van der Waals surface area contributed by atoms with Gasteiger partial charge in [0, 0.05) is 10.0 Å². The van der Waals surface area contributed by atoms with Gasteiger partial charge < -0.3 is 0 Å². The molecular formula is C7H4Br2ClF2N. The summed E-state index contributed by atoms with van der Waals surface area (Å²) in [6.45, 7) is 0. The summed E-state index contributed by atoms with van der Waals surface area (Å²) >= 11 is 11.7. The molecule has 0 radical (unpaired) electrons. The van der Waals surface area contributed by atoms with Gasteiger partial charge in [-0.05, 0) is 22.0 Å². The van der Waals surface area contributed by atoms with Gasteiger partial charge in [0.2, 0.25) is 0 Å². The lowest BCUT2D eigenvalue weighted by atomic mass is 10.2. The molecule has 1 rings (SSSR count). The van der Waals surface area contributed by atoms with Crippen molar-refractivity contribution < 1.29 is 8.78 Å². The lowest BCUT2D eigenvalue weighted by Crippen LogP contribution is -1.98. The Morgan fingerprint density at radius 1 is 1.46 bits per heavy atom. The zero-order chi connectivity index (χ0) is 10.0. The van der Waals surface area contributed by atoms with Crippen molar-refractivity contribution in [1.29, 1.82) is 0 Å². The molecule has 0 aliphatic heterocycles. The van der Waals surface area contributed by atoms with Crippen LogP contribution in [0, 0.1) is 0 Å². The summed E-state index contributed by atoms with van der Waals surface area (Å²) in [5.41, 5.74) is 0.0520. The van der Waals surface area contributed by atoms with Crippen molar-refractivity contribution in [2.24, 2.45) is 0 Å². The van der Waals surface area contributed by atoms with Crippen LogP contribution in [0.1, 0.15) is 17.7 Å². The number of pyridine rings is 1. The molecule has 0 aliphatic carbocycles. The van der Waals surface area contributed by atoms with Crippen LogP contribution in [0.4, 0.5) is 8.78 Å². The first kappa shape index (κ1) is 11.3. The zero-order valence-corrected chi connectivity index (χ0v) is 10.1. The van der Waals surface area contributed by atoms with Gasteiger partial charge in [-0.2, -0.15) is 0 Å². The summed E-state index contributed by atoms with van der Waals surface area (Å²) in [4.78, 5) is 3.66. The van der Waals surface area contributed by atoms with Crippen LogP contribution >= 0.6 is 43.5 Å². The Labute approximate surface area is 95.8 Å². The molecule has 0 saturated carbocycles. The minimum absolute atomic E-state index is 0.0144. The Kier molecular flexibility index (Phi) is 4.06. The maximum atomic E-state index is 12.4. The molecule has 1 aromatic heterocycles. The molecule has 0 aliphatic rings. The van der Waals surface area contributed by atoms with Crippen LogP contribution in [-0.4, -0.2) is 4.98 Å². The molecule has 0 spiro atoms. The third kappa shape index (κ3) is 2.60. The van der Waals surface area contributed by atoms with E-state index in [2.05, 4.69) is 36.8 Å². The minimum atomic E-state index is -2.61. The maximum absolute atomic E-state index is 12.4. The van der Waals surface area contributed by atoms with Gasteiger partial charge in [-0.3, -0.25) is 0 Å². The van der Waals surface area contributed by atoms with E-state index < -0.39 is 6.43 Å². The number of hydrogen-bond acceptors (Lipinski definition) is 1. The van der Waals surface area contributed by atoms with Crippen LogP contribution in [-0.2, 0) is 5.88 Å². The quantitative estimate of drug-likeness (QED) is 0.581. The Morgan fingerprint density at radius 3 is 2.54 bits per heavy atom. The van der Waals surface area contributed by atoms with E-state index in [0.717, 1.165) is 0 Å². The van der Waals surface area contributed by atoms with Crippen molar-refractivity contribution in [2.75, 3.05) is 0 Å². The highest BCUT2D eigenvalue weighted by Crippen LogP contribution is 2.30. The molecule has 0 amide bonds. The van der Waals surface area contributed by atoms with E-state index in [1.54, 1.807) is 6.07 Å². The molecule has 0 atom stereocenters. The molecule has 13 heavy (non-hydrogen) atoms. The van der Waals surface area contributed by atoms with Crippen molar-refractivity contribution in [3.63, 3.8) is 0 Å². The molecule has 0 bridgehead atoms. The summed E-state index contributed by atoms with van der Waals surface area (Å²) in [5, 5.41) is 0. The zero-order valence-electron chi connectivity index (χ0n) is 6.20. The largest absolute Gasteiger partial charge is 0.280 e. The first-order valence-electron chi connectivity index (χ1n) is 3.25. The SMILES string of the molecule is FC(F)c1nc(Br)cc(Br)c1CCl. The summed E-state index contributed by atoms with van der Waals surface area (Å²) in [6.07, 6.45) is -2.61. The van der Waals surface area contributed by atoms with Crippen molar-refractivity contribution >= 4 is 43.5 Å². The Balaban J connectivity index is 3.29. The fraction of sp³-hybridized carbons (Fsp3) is 0.286. The van der Waals surface area contributed by atoms with Gasteiger partial charge in [-0.1, -0.05) is 15.9 Å². The van der Waals surface area contributed by atoms with Crippen LogP contribution in [0.15, 0.2) is 15.1 Å². The van der Waals surface area contributed by atoms with Crippen molar-refractivity contribution in [3.8, 4) is 0 Å². The Bertz CT molecular complexity index is 320. The van der Waals surface area contributed by atoms with Gasteiger partial charge in [0.25, 0.3) is 6.43 Å². The summed E-state index contributed by atoms with van der Waals surface area (Å²) in [6, 6.07) is 1.59. The van der Waals surface area contributed by atoms with Crippen LogP contribution in [0.2, 0.25) is 0 Å². The van der Waals surface area contributed by atoms with E-state index in [4.69, 9.17) is 11.6 Å². The topological polar surface area (TPSA) is 12.9 Å². The molecule has 0 fully saturated rings. The normalized spacial score (nSPS) is 10.9. The van der Waals surface area contributed by atoms with Crippen molar-refractivity contribution in [3.05, 3.63) is 26.4 Å². The van der Waals surface area contributed by atoms with Gasteiger partial charge in [0.1, 0.15) is 10.3 Å². The molecule has 0 aromatic carbocycles. The summed E-state index contributed by atoms with van der Waals surface area (Å²) in [5.74, 6) is 0.0144. The predicted molar refractivity (Wildman–Crippen MR) is 54.2 cm³/mol. The molecule has 1 aromatic rings. The predicted octanol–water partition coefficient (Wildman–Crippen LogP) is 4.28. The van der Waals surface area contributed by atoms with Crippen LogP contribution in [0.3, 0.4) is 0 Å². The third-order valence-corrected chi connectivity index (χ3v) is 2.79. The van der Waals surface area contributed by atoms with Gasteiger partial charge in [-0.25, -0.2) is 13.8 Å². The highest BCUT2D eigenvalue weighted by Gasteiger charge is 2.17. The maximum Gasteiger partial charge on any atom is 0.280 e. The number of halogens is 5. The van der Waals surface area contributed by atoms with E-state index in [-0.39, 0.29) is 11.6 Å². The first-order valence-corrected chi connectivity index (χ1v) is 5.37. The number of aromatic nitrogens is 1. The molecule has 1 heterocycles. The van der Waals surface area contributed by atoms with Gasteiger partial charge >= 0.3 is 0 Å². The van der Waals surface area contributed by atoms with Crippen molar-refractivity contribution in [2.45, 2.75) is 12.3 Å². The highest BCUT2D eigenvalue weighted by atomic mass is 79.9. The van der Waals surface area contributed by atoms with Crippen LogP contribution < -0.4 is 0 Å². The van der Waals surface area contributed by atoms with E-state index >= 15 is 0 Å². The van der Waals surface area contributed by atoms with Crippen LogP contribution in [0.5, 0.6) is 0 Å². The van der Waals surface area contributed by atoms with Gasteiger partial charge in [0.15, 0.2) is 0 Å². The Morgan fingerprint density at radius 2 is 2.08 bits per heavy atom. The molecule has 72 valence electrons. The average molecular weight is 335 g/mol. The molecule has 1 nitrogen and oxygen atoms in total. The molecule has 0 N–H and O–H groups in total. The standard InChI is InChI=1S/C7H4Br2ClF2N/c8-4-1-5(9)13-6(7(11)12)3(4)2-10/h1,7H,2H2. The first-order chi connectivity index (χ1) is 6.06. The molecule has 0 unspecified atom stereocenters. The second-order valence-electron chi connectivity index (χ2n) is 2.22. The molecule has 6 heteroatoms. The van der Waals surface area contributed by atoms with E-state index in [1.807, 2.05) is 0 Å². The van der Waals surface area contributed by atoms with Crippen LogP contribution in [0.25, 0.3) is 0 Å². The Hall–Kier alpha value is 0.260. The van der Waals surface area contributed by atoms with E-state index in [0.29, 0.717) is 14.6 Å². The smallest absolute Gasteiger partial charge is 0.240 e. The number of alkyl halides is 3. The summed E-state index contributed by atoms with van der Waals surface area (Å²) < 4.78 is 25.7. The van der Waals surface area contributed by atoms with E-state index in [9.17, 15) is 8.78 Å². The molecule has 0 saturated heterocycles. The highest BCUT2D eigenvalue weighted by molar-refractivity contribution is 9.11. The third-order valence-electron chi connectivity index (χ3n) is 1.41. The number of nitrogens with zero attached hydrogens (tertiary/aromatic N) is 1. The second-order valence-corrected chi connectivity index (χ2v) is 4.16. The number of hydrogen-bond donors (Lipinski definition) is 0. The summed E-state index contributed by atoms with van der Waals surface area (Å²) in [7, 11) is 0. The van der Waals surface area contributed by atoms with Gasteiger partial charge in [0.05, 0.1) is 5.88 Å². The fourth-order valence-corrected chi connectivity index (χ4v) is 2.57. The number of rotatable bonds is 2. The average Bonchev–Trinajstić information content (AvgIpc) is 2.02.